The Morgan fingerprint density at radius 1 is 1.03 bits per heavy atom. The van der Waals surface area contributed by atoms with Crippen LogP contribution >= 0.6 is 11.6 Å². The van der Waals surface area contributed by atoms with E-state index in [2.05, 4.69) is 51.3 Å². The highest BCUT2D eigenvalue weighted by molar-refractivity contribution is 6.33. The van der Waals surface area contributed by atoms with Gasteiger partial charge in [0.2, 0.25) is 0 Å². The number of pyridine rings is 1. The number of piperidine rings is 1. The molecular formula is C28H25ClN6. The maximum absolute atomic E-state index is 6.98. The second-order valence-corrected chi connectivity index (χ2v) is 10.2. The SMILES string of the molecule is N[C@@H]1c2cccc3cccc(c23)CC12CCN(c1cnc3c(-c4ncccc4Cl)c[nH]c3n1)CC2. The van der Waals surface area contributed by atoms with Gasteiger partial charge in [-0.1, -0.05) is 48.0 Å². The zero-order chi connectivity index (χ0) is 23.6. The molecular weight excluding hydrogens is 456 g/mol. The largest absolute Gasteiger partial charge is 0.355 e. The molecule has 1 atom stereocenters. The summed E-state index contributed by atoms with van der Waals surface area (Å²) in [5, 5.41) is 3.26. The van der Waals surface area contributed by atoms with Crippen molar-refractivity contribution in [2.24, 2.45) is 11.1 Å². The summed E-state index contributed by atoms with van der Waals surface area (Å²) in [6, 6.07) is 16.9. The van der Waals surface area contributed by atoms with Gasteiger partial charge in [-0.05, 0) is 58.7 Å². The zero-order valence-electron chi connectivity index (χ0n) is 19.2. The van der Waals surface area contributed by atoms with E-state index in [-0.39, 0.29) is 11.5 Å². The highest BCUT2D eigenvalue weighted by Crippen LogP contribution is 2.50. The van der Waals surface area contributed by atoms with E-state index >= 15 is 0 Å². The fourth-order valence-corrected chi connectivity index (χ4v) is 6.37. The number of halogens is 1. The lowest BCUT2D eigenvalue weighted by atomic mass is 9.63. The van der Waals surface area contributed by atoms with Gasteiger partial charge in [0.05, 0.1) is 16.9 Å². The van der Waals surface area contributed by atoms with E-state index in [9.17, 15) is 0 Å². The van der Waals surface area contributed by atoms with Gasteiger partial charge in [0.1, 0.15) is 11.3 Å². The molecule has 2 aliphatic rings. The predicted octanol–water partition coefficient (Wildman–Crippen LogP) is 5.67. The molecule has 0 unspecified atom stereocenters. The maximum Gasteiger partial charge on any atom is 0.159 e. The number of hydrogen-bond donors (Lipinski definition) is 2. The van der Waals surface area contributed by atoms with Crippen LogP contribution in [0.3, 0.4) is 0 Å². The first-order chi connectivity index (χ1) is 17.1. The topological polar surface area (TPSA) is 83.7 Å². The number of nitrogens with one attached hydrogen (secondary N) is 1. The lowest BCUT2D eigenvalue weighted by Gasteiger charge is -2.48. The van der Waals surface area contributed by atoms with Crippen molar-refractivity contribution in [2.75, 3.05) is 18.0 Å². The number of nitrogens with two attached hydrogens (primary N) is 1. The fourth-order valence-electron chi connectivity index (χ4n) is 6.15. The summed E-state index contributed by atoms with van der Waals surface area (Å²) in [5.74, 6) is 0.889. The number of aromatic nitrogens is 4. The molecule has 174 valence electrons. The monoisotopic (exact) mass is 480 g/mol. The van der Waals surface area contributed by atoms with E-state index in [1.54, 1.807) is 6.20 Å². The molecule has 5 aromatic rings. The third-order valence-electron chi connectivity index (χ3n) is 8.03. The van der Waals surface area contributed by atoms with Gasteiger partial charge in [0.15, 0.2) is 5.65 Å². The molecule has 0 radical (unpaired) electrons. The van der Waals surface area contributed by atoms with Crippen LogP contribution in [0.2, 0.25) is 5.02 Å². The van der Waals surface area contributed by atoms with Crippen molar-refractivity contribution < 1.29 is 0 Å². The Kier molecular flexibility index (Phi) is 4.63. The minimum Gasteiger partial charge on any atom is -0.355 e. The molecule has 1 aliphatic carbocycles. The first kappa shape index (κ1) is 20.9. The molecule has 7 rings (SSSR count). The Labute approximate surface area is 208 Å². The molecule has 1 aliphatic heterocycles. The molecule has 2 aromatic carbocycles. The van der Waals surface area contributed by atoms with Crippen LogP contribution in [0.1, 0.15) is 30.0 Å². The van der Waals surface area contributed by atoms with Gasteiger partial charge in [-0.2, -0.15) is 0 Å². The lowest BCUT2D eigenvalue weighted by molar-refractivity contribution is 0.163. The van der Waals surface area contributed by atoms with Gasteiger partial charge >= 0.3 is 0 Å². The molecule has 7 heteroatoms. The summed E-state index contributed by atoms with van der Waals surface area (Å²) < 4.78 is 0. The van der Waals surface area contributed by atoms with Gasteiger partial charge in [0, 0.05) is 37.1 Å². The Balaban J connectivity index is 1.16. The molecule has 1 spiro atoms. The fraction of sp³-hybridized carbons (Fsp3) is 0.250. The summed E-state index contributed by atoms with van der Waals surface area (Å²) in [7, 11) is 0. The van der Waals surface area contributed by atoms with Crippen LogP contribution in [0.5, 0.6) is 0 Å². The number of H-pyrrole nitrogens is 1. The van der Waals surface area contributed by atoms with Gasteiger partial charge in [0.25, 0.3) is 0 Å². The molecule has 0 bridgehead atoms. The number of hydrogen-bond acceptors (Lipinski definition) is 5. The van der Waals surface area contributed by atoms with Crippen molar-refractivity contribution in [3.8, 4) is 11.3 Å². The molecule has 0 saturated carbocycles. The Hall–Kier alpha value is -3.48. The van der Waals surface area contributed by atoms with Gasteiger partial charge in [-0.25, -0.2) is 9.97 Å². The first-order valence-corrected chi connectivity index (χ1v) is 12.5. The normalized spacial score (nSPS) is 19.0. The van der Waals surface area contributed by atoms with Gasteiger partial charge in [-0.3, -0.25) is 4.98 Å². The van der Waals surface area contributed by atoms with Crippen LogP contribution in [0.15, 0.2) is 67.1 Å². The van der Waals surface area contributed by atoms with E-state index in [1.807, 2.05) is 24.5 Å². The van der Waals surface area contributed by atoms with Crippen molar-refractivity contribution in [3.63, 3.8) is 0 Å². The van der Waals surface area contributed by atoms with Crippen LogP contribution in [0.4, 0.5) is 5.82 Å². The number of benzene rings is 2. The molecule has 1 fully saturated rings. The standard InChI is InChI=1S/C28H25ClN6/c29-21-8-3-11-31-24(21)20-15-33-27-25(20)32-16-22(34-27)35-12-9-28(10-13-35)14-18-6-1-4-17-5-2-7-19(23(17)18)26(28)30/h1-8,11,15-16,26H,9-10,12-14,30H2,(H,33,34)/t26-/m1/s1. The summed E-state index contributed by atoms with van der Waals surface area (Å²) >= 11 is 6.37. The van der Waals surface area contributed by atoms with Crippen LogP contribution in [0, 0.1) is 5.41 Å². The Bertz CT molecular complexity index is 1580. The number of fused-ring (bicyclic) bond motifs is 1. The summed E-state index contributed by atoms with van der Waals surface area (Å²) in [6.07, 6.45) is 8.57. The summed E-state index contributed by atoms with van der Waals surface area (Å²) in [6.45, 7) is 1.82. The number of nitrogens with zero attached hydrogens (tertiary/aromatic N) is 4. The second-order valence-electron chi connectivity index (χ2n) is 9.83. The van der Waals surface area contributed by atoms with E-state index < -0.39 is 0 Å². The number of anilines is 1. The van der Waals surface area contributed by atoms with E-state index in [4.69, 9.17) is 27.3 Å². The second kappa shape index (κ2) is 7.77. The molecule has 4 heterocycles. The minimum atomic E-state index is 0.0471. The van der Waals surface area contributed by atoms with E-state index in [0.717, 1.165) is 54.9 Å². The molecule has 0 amide bonds. The highest BCUT2D eigenvalue weighted by Gasteiger charge is 2.44. The summed E-state index contributed by atoms with van der Waals surface area (Å²) in [4.78, 5) is 19.7. The van der Waals surface area contributed by atoms with Crippen molar-refractivity contribution in [1.29, 1.82) is 0 Å². The van der Waals surface area contributed by atoms with Crippen molar-refractivity contribution in [2.45, 2.75) is 25.3 Å². The van der Waals surface area contributed by atoms with Crippen molar-refractivity contribution in [3.05, 3.63) is 83.3 Å². The summed E-state index contributed by atoms with van der Waals surface area (Å²) in [5.41, 5.74) is 12.9. The molecule has 6 nitrogen and oxygen atoms in total. The zero-order valence-corrected chi connectivity index (χ0v) is 20.0. The quantitative estimate of drug-likeness (QED) is 0.340. The van der Waals surface area contributed by atoms with Crippen LogP contribution in [-0.4, -0.2) is 33.0 Å². The van der Waals surface area contributed by atoms with Crippen molar-refractivity contribution >= 4 is 39.4 Å². The minimum absolute atomic E-state index is 0.0471. The maximum atomic E-state index is 6.98. The first-order valence-electron chi connectivity index (χ1n) is 12.1. The molecule has 3 aromatic heterocycles. The third-order valence-corrected chi connectivity index (χ3v) is 8.33. The Morgan fingerprint density at radius 3 is 2.69 bits per heavy atom. The average molecular weight is 481 g/mol. The van der Waals surface area contributed by atoms with E-state index in [1.165, 1.54) is 21.9 Å². The Morgan fingerprint density at radius 2 is 1.86 bits per heavy atom. The number of rotatable bonds is 2. The van der Waals surface area contributed by atoms with Crippen LogP contribution in [-0.2, 0) is 6.42 Å². The number of aromatic amines is 1. The third kappa shape index (κ3) is 3.17. The van der Waals surface area contributed by atoms with Crippen LogP contribution < -0.4 is 10.6 Å². The van der Waals surface area contributed by atoms with Crippen molar-refractivity contribution in [1.82, 2.24) is 19.9 Å². The van der Waals surface area contributed by atoms with E-state index in [0.29, 0.717) is 10.7 Å². The molecule has 35 heavy (non-hydrogen) atoms. The molecule has 3 N–H and O–H groups in total. The van der Waals surface area contributed by atoms with Crippen LogP contribution in [0.25, 0.3) is 33.2 Å². The van der Waals surface area contributed by atoms with Gasteiger partial charge < -0.3 is 15.6 Å². The molecule has 1 saturated heterocycles. The average Bonchev–Trinajstić information content (AvgIpc) is 3.31. The highest BCUT2D eigenvalue weighted by atomic mass is 35.5. The lowest BCUT2D eigenvalue weighted by Crippen LogP contribution is -2.48. The van der Waals surface area contributed by atoms with Gasteiger partial charge in [-0.15, -0.1) is 0 Å². The smallest absolute Gasteiger partial charge is 0.159 e. The predicted molar refractivity (Wildman–Crippen MR) is 141 cm³/mol.